The Morgan fingerprint density at radius 2 is 1.77 bits per heavy atom. The summed E-state index contributed by atoms with van der Waals surface area (Å²) in [5.74, 6) is -3.01. The number of carbonyl (C=O) groups is 1. The number of rotatable bonds is 4. The van der Waals surface area contributed by atoms with Gasteiger partial charge in [0.2, 0.25) is 0 Å². The molecule has 13 heavy (non-hydrogen) atoms. The van der Waals surface area contributed by atoms with Crippen LogP contribution < -0.4 is 0 Å². The zero-order valence-corrected chi connectivity index (χ0v) is 8.11. The van der Waals surface area contributed by atoms with Gasteiger partial charge in [0.05, 0.1) is 0 Å². The highest BCUT2D eigenvalue weighted by Gasteiger charge is 2.44. The molecule has 0 aromatic heterocycles. The zero-order valence-electron chi connectivity index (χ0n) is 8.11. The highest BCUT2D eigenvalue weighted by molar-refractivity contribution is 5.83. The van der Waals surface area contributed by atoms with Gasteiger partial charge < -0.3 is 0 Å². The Labute approximate surface area is 76.3 Å². The van der Waals surface area contributed by atoms with Gasteiger partial charge in [0.25, 0.3) is 0 Å². The minimum absolute atomic E-state index is 0.0967. The van der Waals surface area contributed by atoms with E-state index >= 15 is 0 Å². The van der Waals surface area contributed by atoms with Crippen molar-refractivity contribution < 1.29 is 18.0 Å². The molecule has 0 spiro atoms. The first kappa shape index (κ1) is 12.5. The lowest BCUT2D eigenvalue weighted by Gasteiger charge is -2.19. The van der Waals surface area contributed by atoms with E-state index in [1.165, 1.54) is 13.8 Å². The molecule has 1 nitrogen and oxygen atoms in total. The van der Waals surface area contributed by atoms with Crippen LogP contribution in [0.15, 0.2) is 0 Å². The summed E-state index contributed by atoms with van der Waals surface area (Å²) in [5.41, 5.74) is 0. The van der Waals surface area contributed by atoms with Gasteiger partial charge in [-0.1, -0.05) is 27.2 Å². The molecule has 0 aliphatic rings. The zero-order chi connectivity index (χ0) is 10.6. The highest BCUT2D eigenvalue weighted by Crippen LogP contribution is 2.32. The molecule has 0 heterocycles. The first-order chi connectivity index (χ1) is 5.80. The summed E-state index contributed by atoms with van der Waals surface area (Å²) in [6.07, 6.45) is -4.10. The van der Waals surface area contributed by atoms with E-state index in [0.29, 0.717) is 6.42 Å². The van der Waals surface area contributed by atoms with E-state index in [-0.39, 0.29) is 6.42 Å². The van der Waals surface area contributed by atoms with Gasteiger partial charge in [-0.3, -0.25) is 4.79 Å². The summed E-state index contributed by atoms with van der Waals surface area (Å²) in [5, 5.41) is 0. The molecule has 1 atom stereocenters. The third-order valence-corrected chi connectivity index (χ3v) is 1.88. The molecule has 0 aliphatic carbocycles. The van der Waals surface area contributed by atoms with Crippen molar-refractivity contribution in [3.05, 3.63) is 0 Å². The molecule has 0 fully saturated rings. The van der Waals surface area contributed by atoms with Crippen LogP contribution in [0.25, 0.3) is 0 Å². The van der Waals surface area contributed by atoms with Gasteiger partial charge in [-0.05, 0) is 6.42 Å². The fraction of sp³-hybridized carbons (Fsp3) is 0.889. The van der Waals surface area contributed by atoms with Crippen LogP contribution in [0, 0.1) is 11.8 Å². The lowest BCUT2D eigenvalue weighted by Crippen LogP contribution is -2.33. The maximum absolute atomic E-state index is 12.3. The Morgan fingerprint density at radius 1 is 1.31 bits per heavy atom. The maximum Gasteiger partial charge on any atom is 0.398 e. The molecule has 4 heteroatoms. The van der Waals surface area contributed by atoms with Crippen LogP contribution in [0.5, 0.6) is 0 Å². The van der Waals surface area contributed by atoms with Gasteiger partial charge in [-0.2, -0.15) is 13.2 Å². The second-order valence-electron chi connectivity index (χ2n) is 3.44. The van der Waals surface area contributed by atoms with Crippen LogP contribution in [0.4, 0.5) is 13.2 Å². The van der Waals surface area contributed by atoms with Gasteiger partial charge in [-0.25, -0.2) is 0 Å². The smallest absolute Gasteiger partial charge is 0.299 e. The van der Waals surface area contributed by atoms with E-state index < -0.39 is 23.8 Å². The van der Waals surface area contributed by atoms with Crippen molar-refractivity contribution in [2.45, 2.75) is 39.8 Å². The largest absolute Gasteiger partial charge is 0.398 e. The van der Waals surface area contributed by atoms with Crippen molar-refractivity contribution in [2.75, 3.05) is 0 Å². The summed E-state index contributed by atoms with van der Waals surface area (Å²) >= 11 is 0. The van der Waals surface area contributed by atoms with Crippen molar-refractivity contribution in [3.8, 4) is 0 Å². The number of hydrogen-bond donors (Lipinski definition) is 0. The Morgan fingerprint density at radius 3 is 2.00 bits per heavy atom. The Balaban J connectivity index is 4.52. The third kappa shape index (κ3) is 3.79. The molecule has 0 N–H and O–H groups in total. The monoisotopic (exact) mass is 196 g/mol. The molecule has 0 bridgehead atoms. The van der Waals surface area contributed by atoms with Gasteiger partial charge in [-0.15, -0.1) is 0 Å². The molecule has 0 amide bonds. The van der Waals surface area contributed by atoms with Crippen molar-refractivity contribution in [3.63, 3.8) is 0 Å². The number of alkyl halides is 3. The van der Waals surface area contributed by atoms with Gasteiger partial charge in [0.1, 0.15) is 11.7 Å². The van der Waals surface area contributed by atoms with E-state index in [1.54, 1.807) is 6.92 Å². The number of ketones is 1. The average molecular weight is 196 g/mol. The highest BCUT2D eigenvalue weighted by atomic mass is 19.4. The Kier molecular flexibility index (Phi) is 4.44. The van der Waals surface area contributed by atoms with Gasteiger partial charge in [0.15, 0.2) is 0 Å². The molecular weight excluding hydrogens is 181 g/mol. The van der Waals surface area contributed by atoms with Crippen molar-refractivity contribution >= 4 is 5.78 Å². The second kappa shape index (κ2) is 4.63. The van der Waals surface area contributed by atoms with Crippen LogP contribution in [-0.4, -0.2) is 12.0 Å². The summed E-state index contributed by atoms with van der Waals surface area (Å²) in [6, 6.07) is 0. The normalized spacial score (nSPS) is 14.7. The lowest BCUT2D eigenvalue weighted by molar-refractivity contribution is -0.184. The molecule has 0 saturated carbocycles. The minimum atomic E-state index is -4.38. The van der Waals surface area contributed by atoms with E-state index in [0.717, 1.165) is 0 Å². The number of halogens is 3. The van der Waals surface area contributed by atoms with Crippen molar-refractivity contribution in [1.29, 1.82) is 0 Å². The number of hydrogen-bond acceptors (Lipinski definition) is 1. The minimum Gasteiger partial charge on any atom is -0.299 e. The van der Waals surface area contributed by atoms with Crippen LogP contribution in [-0.2, 0) is 4.79 Å². The topological polar surface area (TPSA) is 17.1 Å². The average Bonchev–Trinajstić information content (AvgIpc) is 1.96. The quantitative estimate of drug-likeness (QED) is 0.674. The molecule has 0 aliphatic heterocycles. The first-order valence-corrected chi connectivity index (χ1v) is 4.41. The van der Waals surface area contributed by atoms with E-state index in [9.17, 15) is 18.0 Å². The van der Waals surface area contributed by atoms with E-state index in [1.807, 2.05) is 0 Å². The van der Waals surface area contributed by atoms with E-state index in [4.69, 9.17) is 0 Å². The Bertz CT molecular complexity index is 172. The summed E-state index contributed by atoms with van der Waals surface area (Å²) in [7, 11) is 0. The van der Waals surface area contributed by atoms with Gasteiger partial charge >= 0.3 is 6.18 Å². The molecular formula is C9H15F3O. The molecule has 78 valence electrons. The second-order valence-corrected chi connectivity index (χ2v) is 3.44. The number of Topliss-reactive ketones (excluding diaryl/α,β-unsaturated/α-hetero) is 1. The SMILES string of the molecule is CCC[C@@H](C(=O)C(C)C)C(F)(F)F. The third-order valence-electron chi connectivity index (χ3n) is 1.88. The Hall–Kier alpha value is -0.540. The summed E-state index contributed by atoms with van der Waals surface area (Å²) in [4.78, 5) is 11.2. The van der Waals surface area contributed by atoms with Crippen molar-refractivity contribution in [1.82, 2.24) is 0 Å². The van der Waals surface area contributed by atoms with Crippen LogP contribution in [0.3, 0.4) is 0 Å². The van der Waals surface area contributed by atoms with Gasteiger partial charge in [0, 0.05) is 5.92 Å². The standard InChI is InChI=1S/C9H15F3O/c1-4-5-7(9(10,11)12)8(13)6(2)3/h6-7H,4-5H2,1-3H3/t7-/m0/s1. The predicted octanol–water partition coefficient (Wildman–Crippen LogP) is 3.19. The van der Waals surface area contributed by atoms with Crippen molar-refractivity contribution in [2.24, 2.45) is 11.8 Å². The first-order valence-electron chi connectivity index (χ1n) is 4.41. The molecule has 0 aromatic carbocycles. The summed E-state index contributed by atoms with van der Waals surface area (Å²) in [6.45, 7) is 4.64. The fourth-order valence-electron chi connectivity index (χ4n) is 1.16. The van der Waals surface area contributed by atoms with Crippen LogP contribution in [0.1, 0.15) is 33.6 Å². The molecule has 0 aromatic rings. The van der Waals surface area contributed by atoms with Crippen LogP contribution >= 0.6 is 0 Å². The molecule has 0 radical (unpaired) electrons. The molecule has 0 unspecified atom stereocenters. The predicted molar refractivity (Wildman–Crippen MR) is 44.3 cm³/mol. The number of carbonyl (C=O) groups excluding carboxylic acids is 1. The molecule has 0 saturated heterocycles. The van der Waals surface area contributed by atoms with E-state index in [2.05, 4.69) is 0 Å². The van der Waals surface area contributed by atoms with Crippen LogP contribution in [0.2, 0.25) is 0 Å². The maximum atomic E-state index is 12.3. The molecule has 0 rings (SSSR count). The summed E-state index contributed by atoms with van der Waals surface area (Å²) < 4.78 is 36.9. The fourth-order valence-corrected chi connectivity index (χ4v) is 1.16. The lowest BCUT2D eigenvalue weighted by atomic mass is 9.91.